The van der Waals surface area contributed by atoms with Crippen molar-refractivity contribution in [1.29, 1.82) is 0 Å². The van der Waals surface area contributed by atoms with Crippen LogP contribution in [0.1, 0.15) is 18.0 Å². The SMILES string of the molecule is COCCN(CCO)CCC(N)c1cccc(Br)c1. The number of aliphatic hydroxyl groups excluding tert-OH is 1. The standard InChI is InChI=1S/C14H23BrN2O2/c1-19-10-8-17(7-9-18)6-5-14(16)12-3-2-4-13(15)11-12/h2-4,11,14,18H,5-10,16H2,1H3. The van der Waals surface area contributed by atoms with E-state index >= 15 is 0 Å². The lowest BCUT2D eigenvalue weighted by atomic mass is 10.0. The summed E-state index contributed by atoms with van der Waals surface area (Å²) in [5.74, 6) is 0. The first-order chi connectivity index (χ1) is 9.17. The van der Waals surface area contributed by atoms with Gasteiger partial charge < -0.3 is 15.6 Å². The predicted molar refractivity (Wildman–Crippen MR) is 81.1 cm³/mol. The summed E-state index contributed by atoms with van der Waals surface area (Å²) in [6.45, 7) is 3.18. The van der Waals surface area contributed by atoms with Crippen LogP contribution in [0.15, 0.2) is 28.7 Å². The molecule has 0 bridgehead atoms. The van der Waals surface area contributed by atoms with Crippen molar-refractivity contribution >= 4 is 15.9 Å². The number of nitrogens with zero attached hydrogens (tertiary/aromatic N) is 1. The molecule has 3 N–H and O–H groups in total. The van der Waals surface area contributed by atoms with Gasteiger partial charge in [0.1, 0.15) is 0 Å². The Morgan fingerprint density at radius 1 is 1.37 bits per heavy atom. The summed E-state index contributed by atoms with van der Waals surface area (Å²) in [5, 5.41) is 9.03. The van der Waals surface area contributed by atoms with Gasteiger partial charge in [0.25, 0.3) is 0 Å². The number of ether oxygens (including phenoxy) is 1. The van der Waals surface area contributed by atoms with Crippen molar-refractivity contribution in [3.63, 3.8) is 0 Å². The zero-order valence-corrected chi connectivity index (χ0v) is 13.0. The van der Waals surface area contributed by atoms with Crippen LogP contribution in [-0.4, -0.2) is 50.0 Å². The Balaban J connectivity index is 2.44. The molecular formula is C14H23BrN2O2. The van der Waals surface area contributed by atoms with Crippen molar-refractivity contribution in [3.8, 4) is 0 Å². The zero-order chi connectivity index (χ0) is 14.1. The van der Waals surface area contributed by atoms with E-state index in [-0.39, 0.29) is 12.6 Å². The number of nitrogens with two attached hydrogens (primary N) is 1. The third-order valence-electron chi connectivity index (χ3n) is 3.06. The van der Waals surface area contributed by atoms with E-state index < -0.39 is 0 Å². The van der Waals surface area contributed by atoms with Gasteiger partial charge in [-0.25, -0.2) is 0 Å². The Hall–Kier alpha value is -0.460. The van der Waals surface area contributed by atoms with Crippen LogP contribution >= 0.6 is 15.9 Å². The summed E-state index contributed by atoms with van der Waals surface area (Å²) in [6.07, 6.45) is 0.861. The van der Waals surface area contributed by atoms with Crippen molar-refractivity contribution in [2.75, 3.05) is 40.0 Å². The first-order valence-electron chi connectivity index (χ1n) is 6.50. The minimum Gasteiger partial charge on any atom is -0.395 e. The van der Waals surface area contributed by atoms with E-state index in [1.54, 1.807) is 7.11 Å². The number of hydrogen-bond acceptors (Lipinski definition) is 4. The maximum atomic E-state index is 9.03. The second kappa shape index (κ2) is 9.44. The molecule has 0 aliphatic carbocycles. The number of halogens is 1. The molecule has 1 unspecified atom stereocenters. The van der Waals surface area contributed by atoms with Gasteiger partial charge in [-0.05, 0) is 24.1 Å². The van der Waals surface area contributed by atoms with E-state index in [0.717, 1.165) is 29.5 Å². The second-order valence-corrected chi connectivity index (χ2v) is 5.42. The van der Waals surface area contributed by atoms with Crippen LogP contribution in [0.4, 0.5) is 0 Å². The van der Waals surface area contributed by atoms with Crippen molar-refractivity contribution < 1.29 is 9.84 Å². The molecule has 1 atom stereocenters. The fraction of sp³-hybridized carbons (Fsp3) is 0.571. The fourth-order valence-electron chi connectivity index (χ4n) is 1.92. The van der Waals surface area contributed by atoms with E-state index in [2.05, 4.69) is 26.9 Å². The summed E-state index contributed by atoms with van der Waals surface area (Å²) >= 11 is 3.45. The molecule has 19 heavy (non-hydrogen) atoms. The van der Waals surface area contributed by atoms with E-state index in [9.17, 15) is 0 Å². The molecule has 0 aliphatic heterocycles. The molecule has 0 spiro atoms. The molecule has 0 aliphatic rings. The average Bonchev–Trinajstić information content (AvgIpc) is 2.41. The van der Waals surface area contributed by atoms with Crippen LogP contribution in [0.25, 0.3) is 0 Å². The molecule has 1 aromatic carbocycles. The molecule has 108 valence electrons. The van der Waals surface area contributed by atoms with Crippen molar-refractivity contribution in [3.05, 3.63) is 34.3 Å². The molecule has 0 heterocycles. The Bertz CT molecular complexity index is 363. The highest BCUT2D eigenvalue weighted by Gasteiger charge is 2.10. The maximum absolute atomic E-state index is 9.03. The highest BCUT2D eigenvalue weighted by molar-refractivity contribution is 9.10. The van der Waals surface area contributed by atoms with Gasteiger partial charge >= 0.3 is 0 Å². The lowest BCUT2D eigenvalue weighted by molar-refractivity contribution is 0.128. The molecule has 0 radical (unpaired) electrons. The topological polar surface area (TPSA) is 58.7 Å². The Morgan fingerprint density at radius 2 is 2.16 bits per heavy atom. The third kappa shape index (κ3) is 6.49. The molecule has 0 saturated carbocycles. The van der Waals surface area contributed by atoms with E-state index in [1.807, 2.05) is 18.2 Å². The average molecular weight is 331 g/mol. The summed E-state index contributed by atoms with van der Waals surface area (Å²) in [5.41, 5.74) is 7.33. The molecule has 0 saturated heterocycles. The summed E-state index contributed by atoms with van der Waals surface area (Å²) < 4.78 is 6.11. The molecule has 1 aromatic rings. The van der Waals surface area contributed by atoms with E-state index in [4.69, 9.17) is 15.6 Å². The Labute approximate surface area is 123 Å². The molecule has 5 heteroatoms. The Morgan fingerprint density at radius 3 is 2.79 bits per heavy atom. The molecular weight excluding hydrogens is 308 g/mol. The van der Waals surface area contributed by atoms with Crippen LogP contribution in [0.2, 0.25) is 0 Å². The monoisotopic (exact) mass is 330 g/mol. The van der Waals surface area contributed by atoms with Crippen molar-refractivity contribution in [2.45, 2.75) is 12.5 Å². The summed E-state index contributed by atoms with van der Waals surface area (Å²) in [6, 6.07) is 8.10. The highest BCUT2D eigenvalue weighted by Crippen LogP contribution is 2.19. The molecule has 0 aromatic heterocycles. The van der Waals surface area contributed by atoms with Gasteiger partial charge in [0.05, 0.1) is 13.2 Å². The molecule has 0 amide bonds. The van der Waals surface area contributed by atoms with Gasteiger partial charge in [-0.3, -0.25) is 4.90 Å². The van der Waals surface area contributed by atoms with E-state index in [0.29, 0.717) is 13.2 Å². The molecule has 0 fully saturated rings. The van der Waals surface area contributed by atoms with Crippen LogP contribution in [0.3, 0.4) is 0 Å². The third-order valence-corrected chi connectivity index (χ3v) is 3.55. The van der Waals surface area contributed by atoms with Crippen LogP contribution in [0, 0.1) is 0 Å². The van der Waals surface area contributed by atoms with Gasteiger partial charge in [0, 0.05) is 37.3 Å². The lowest BCUT2D eigenvalue weighted by Gasteiger charge is -2.23. The number of benzene rings is 1. The summed E-state index contributed by atoms with van der Waals surface area (Å²) in [7, 11) is 1.68. The normalized spacial score (nSPS) is 12.9. The first-order valence-corrected chi connectivity index (χ1v) is 7.30. The van der Waals surface area contributed by atoms with Gasteiger partial charge in [-0.15, -0.1) is 0 Å². The minimum atomic E-state index is 0.0150. The van der Waals surface area contributed by atoms with Crippen LogP contribution in [-0.2, 0) is 4.74 Å². The largest absolute Gasteiger partial charge is 0.395 e. The number of rotatable bonds is 9. The van der Waals surface area contributed by atoms with Crippen LogP contribution < -0.4 is 5.73 Å². The smallest absolute Gasteiger partial charge is 0.0589 e. The minimum absolute atomic E-state index is 0.0150. The van der Waals surface area contributed by atoms with Gasteiger partial charge in [-0.1, -0.05) is 28.1 Å². The van der Waals surface area contributed by atoms with Gasteiger partial charge in [-0.2, -0.15) is 0 Å². The van der Waals surface area contributed by atoms with Gasteiger partial charge in [0.15, 0.2) is 0 Å². The number of hydrogen-bond donors (Lipinski definition) is 2. The first kappa shape index (κ1) is 16.6. The predicted octanol–water partition coefficient (Wildman–Crippen LogP) is 1.78. The van der Waals surface area contributed by atoms with Crippen molar-refractivity contribution in [1.82, 2.24) is 4.90 Å². The Kier molecular flexibility index (Phi) is 8.25. The summed E-state index contributed by atoms with van der Waals surface area (Å²) in [4.78, 5) is 2.17. The fourth-order valence-corrected chi connectivity index (χ4v) is 2.34. The van der Waals surface area contributed by atoms with Gasteiger partial charge in [0.2, 0.25) is 0 Å². The number of aliphatic hydroxyl groups is 1. The highest BCUT2D eigenvalue weighted by atomic mass is 79.9. The maximum Gasteiger partial charge on any atom is 0.0589 e. The second-order valence-electron chi connectivity index (χ2n) is 4.51. The number of methoxy groups -OCH3 is 1. The zero-order valence-electron chi connectivity index (χ0n) is 11.4. The quantitative estimate of drug-likeness (QED) is 0.724. The molecule has 4 nitrogen and oxygen atoms in total. The lowest BCUT2D eigenvalue weighted by Crippen LogP contribution is -2.32. The molecule has 1 rings (SSSR count). The van der Waals surface area contributed by atoms with Crippen LogP contribution in [0.5, 0.6) is 0 Å². The van der Waals surface area contributed by atoms with E-state index in [1.165, 1.54) is 0 Å². The van der Waals surface area contributed by atoms with Crippen molar-refractivity contribution in [2.24, 2.45) is 5.73 Å².